The Hall–Kier alpha value is -3.58. The fourth-order valence-electron chi connectivity index (χ4n) is 2.72. The van der Waals surface area contributed by atoms with E-state index in [1.54, 1.807) is 55.6 Å². The van der Waals surface area contributed by atoms with Gasteiger partial charge >= 0.3 is 0 Å². The maximum Gasteiger partial charge on any atom is 0.281 e. The summed E-state index contributed by atoms with van der Waals surface area (Å²) in [5.74, 6) is 1.44. The van der Waals surface area contributed by atoms with E-state index in [9.17, 15) is 4.79 Å². The van der Waals surface area contributed by atoms with Gasteiger partial charge in [-0.1, -0.05) is 23.7 Å². The smallest absolute Gasteiger partial charge is 0.281 e. The largest absolute Gasteiger partial charge is 0.497 e. The highest BCUT2D eigenvalue weighted by atomic mass is 35.5. The van der Waals surface area contributed by atoms with Crippen LogP contribution in [-0.2, 0) is 6.54 Å². The Morgan fingerprint density at radius 2 is 1.90 bits per heavy atom. The highest BCUT2D eigenvalue weighted by molar-refractivity contribution is 6.30. The van der Waals surface area contributed by atoms with E-state index < -0.39 is 0 Å². The van der Waals surface area contributed by atoms with Crippen LogP contribution in [0, 0.1) is 0 Å². The van der Waals surface area contributed by atoms with Crippen LogP contribution in [0.4, 0.5) is 5.95 Å². The van der Waals surface area contributed by atoms with E-state index in [1.165, 1.54) is 10.9 Å². The van der Waals surface area contributed by atoms with E-state index in [4.69, 9.17) is 20.8 Å². The standard InChI is InChI=1S/C21H17ClN4O3/c1-28-17-10-6-15(7-11-17)20(27)26-21(23-13-14-4-8-16(22)9-5-14)24-19(25-26)18-3-2-12-29-18/h2-12H,13H2,1H3,(H,23,24,25). The number of aromatic nitrogens is 3. The number of nitrogens with one attached hydrogen (secondary N) is 1. The molecule has 4 aromatic rings. The van der Waals surface area contributed by atoms with Crippen molar-refractivity contribution in [3.63, 3.8) is 0 Å². The maximum absolute atomic E-state index is 13.0. The molecule has 0 radical (unpaired) electrons. The average molecular weight is 409 g/mol. The van der Waals surface area contributed by atoms with E-state index in [1.807, 2.05) is 12.1 Å². The molecule has 0 saturated heterocycles. The average Bonchev–Trinajstić information content (AvgIpc) is 3.43. The van der Waals surface area contributed by atoms with Gasteiger partial charge in [-0.3, -0.25) is 4.79 Å². The summed E-state index contributed by atoms with van der Waals surface area (Å²) in [6, 6.07) is 17.7. The third-order valence-electron chi connectivity index (χ3n) is 4.24. The summed E-state index contributed by atoms with van der Waals surface area (Å²) in [4.78, 5) is 17.5. The second-order valence-corrected chi connectivity index (χ2v) is 6.60. The normalized spacial score (nSPS) is 10.7. The molecular weight excluding hydrogens is 392 g/mol. The Labute approximate surface area is 171 Å². The summed E-state index contributed by atoms with van der Waals surface area (Å²) in [5, 5.41) is 8.17. The molecule has 0 fully saturated rings. The number of anilines is 1. The molecule has 0 saturated carbocycles. The zero-order chi connectivity index (χ0) is 20.2. The molecule has 0 aliphatic heterocycles. The van der Waals surface area contributed by atoms with Gasteiger partial charge in [-0.05, 0) is 54.1 Å². The molecule has 0 aliphatic rings. The molecule has 0 aliphatic carbocycles. The quantitative estimate of drug-likeness (QED) is 0.505. The van der Waals surface area contributed by atoms with Gasteiger partial charge in [-0.2, -0.15) is 9.67 Å². The second kappa shape index (κ2) is 8.20. The molecular formula is C21H17ClN4O3. The van der Waals surface area contributed by atoms with Gasteiger partial charge in [-0.15, -0.1) is 5.10 Å². The third kappa shape index (κ3) is 4.14. The summed E-state index contributed by atoms with van der Waals surface area (Å²) < 4.78 is 11.7. The first-order valence-electron chi connectivity index (χ1n) is 8.82. The lowest BCUT2D eigenvalue weighted by Gasteiger charge is -2.08. The van der Waals surface area contributed by atoms with Gasteiger partial charge in [0.1, 0.15) is 5.75 Å². The third-order valence-corrected chi connectivity index (χ3v) is 4.49. The highest BCUT2D eigenvalue weighted by Crippen LogP contribution is 2.21. The fourth-order valence-corrected chi connectivity index (χ4v) is 2.84. The first kappa shape index (κ1) is 18.8. The van der Waals surface area contributed by atoms with Gasteiger partial charge in [-0.25, -0.2) is 0 Å². The van der Waals surface area contributed by atoms with Crippen LogP contribution >= 0.6 is 11.6 Å². The number of methoxy groups -OCH3 is 1. The Bertz CT molecular complexity index is 1100. The first-order chi connectivity index (χ1) is 14.1. The predicted octanol–water partition coefficient (Wildman–Crippen LogP) is 4.50. The van der Waals surface area contributed by atoms with Gasteiger partial charge in [0.05, 0.1) is 13.4 Å². The number of nitrogens with zero attached hydrogens (tertiary/aromatic N) is 3. The Morgan fingerprint density at radius 3 is 2.55 bits per heavy atom. The SMILES string of the molecule is COc1ccc(C(=O)n2nc(-c3ccco3)nc2NCc2ccc(Cl)cc2)cc1. The molecule has 146 valence electrons. The van der Waals surface area contributed by atoms with Gasteiger partial charge in [0, 0.05) is 17.1 Å². The zero-order valence-corrected chi connectivity index (χ0v) is 16.3. The number of ether oxygens (including phenoxy) is 1. The van der Waals surface area contributed by atoms with E-state index in [0.29, 0.717) is 40.4 Å². The Balaban J connectivity index is 1.64. The molecule has 0 spiro atoms. The van der Waals surface area contributed by atoms with Crippen molar-refractivity contribution in [2.75, 3.05) is 12.4 Å². The molecule has 4 rings (SSSR count). The van der Waals surface area contributed by atoms with Gasteiger partial charge in [0.2, 0.25) is 11.8 Å². The number of benzene rings is 2. The number of carbonyl (C=O) groups excluding carboxylic acids is 1. The Kier molecular flexibility index (Phi) is 5.31. The van der Waals surface area contributed by atoms with Crippen molar-refractivity contribution >= 4 is 23.5 Å². The molecule has 7 nitrogen and oxygen atoms in total. The lowest BCUT2D eigenvalue weighted by molar-refractivity contribution is 0.0947. The van der Waals surface area contributed by atoms with Crippen molar-refractivity contribution in [1.29, 1.82) is 0 Å². The Morgan fingerprint density at radius 1 is 1.14 bits per heavy atom. The van der Waals surface area contributed by atoms with Crippen molar-refractivity contribution in [3.05, 3.63) is 83.1 Å². The number of furan rings is 1. The van der Waals surface area contributed by atoms with Crippen LogP contribution in [0.25, 0.3) is 11.6 Å². The summed E-state index contributed by atoms with van der Waals surface area (Å²) in [6.45, 7) is 0.448. The molecule has 0 unspecified atom stereocenters. The number of carbonyl (C=O) groups is 1. The van der Waals surface area contributed by atoms with Crippen LogP contribution in [0.2, 0.25) is 5.02 Å². The van der Waals surface area contributed by atoms with Crippen LogP contribution < -0.4 is 10.1 Å². The molecule has 0 bridgehead atoms. The lowest BCUT2D eigenvalue weighted by Crippen LogP contribution is -2.17. The van der Waals surface area contributed by atoms with Gasteiger partial charge < -0.3 is 14.5 Å². The zero-order valence-electron chi connectivity index (χ0n) is 15.5. The lowest BCUT2D eigenvalue weighted by atomic mass is 10.2. The van der Waals surface area contributed by atoms with Crippen LogP contribution in [0.5, 0.6) is 5.75 Å². The number of hydrogen-bond donors (Lipinski definition) is 1. The van der Waals surface area contributed by atoms with E-state index in [2.05, 4.69) is 15.4 Å². The van der Waals surface area contributed by atoms with Crippen molar-refractivity contribution in [2.24, 2.45) is 0 Å². The van der Waals surface area contributed by atoms with E-state index >= 15 is 0 Å². The monoisotopic (exact) mass is 408 g/mol. The van der Waals surface area contributed by atoms with Crippen LogP contribution in [0.15, 0.2) is 71.3 Å². The molecule has 0 atom stereocenters. The van der Waals surface area contributed by atoms with Crippen molar-refractivity contribution in [2.45, 2.75) is 6.54 Å². The van der Waals surface area contributed by atoms with Gasteiger partial charge in [0.15, 0.2) is 5.76 Å². The molecule has 1 N–H and O–H groups in total. The summed E-state index contributed by atoms with van der Waals surface area (Å²) in [5.41, 5.74) is 1.44. The summed E-state index contributed by atoms with van der Waals surface area (Å²) in [6.07, 6.45) is 1.53. The number of halogens is 1. The minimum absolute atomic E-state index is 0.312. The van der Waals surface area contributed by atoms with Crippen molar-refractivity contribution in [1.82, 2.24) is 14.8 Å². The maximum atomic E-state index is 13.0. The number of hydrogen-bond acceptors (Lipinski definition) is 6. The van der Waals surface area contributed by atoms with E-state index in [0.717, 1.165) is 5.56 Å². The van der Waals surface area contributed by atoms with Crippen LogP contribution in [-0.4, -0.2) is 27.8 Å². The minimum Gasteiger partial charge on any atom is -0.497 e. The van der Waals surface area contributed by atoms with Crippen LogP contribution in [0.3, 0.4) is 0 Å². The fraction of sp³-hybridized carbons (Fsp3) is 0.0952. The predicted molar refractivity (Wildman–Crippen MR) is 109 cm³/mol. The molecule has 2 aromatic carbocycles. The summed E-state index contributed by atoms with van der Waals surface area (Å²) >= 11 is 5.93. The van der Waals surface area contributed by atoms with Crippen molar-refractivity contribution in [3.8, 4) is 17.3 Å². The molecule has 29 heavy (non-hydrogen) atoms. The topological polar surface area (TPSA) is 82.2 Å². The van der Waals surface area contributed by atoms with Crippen LogP contribution in [0.1, 0.15) is 15.9 Å². The van der Waals surface area contributed by atoms with Crippen molar-refractivity contribution < 1.29 is 13.9 Å². The summed E-state index contributed by atoms with van der Waals surface area (Å²) in [7, 11) is 1.57. The van der Waals surface area contributed by atoms with Gasteiger partial charge in [0.25, 0.3) is 5.91 Å². The van der Waals surface area contributed by atoms with E-state index in [-0.39, 0.29) is 5.91 Å². The molecule has 0 amide bonds. The number of rotatable bonds is 6. The molecule has 8 heteroatoms. The highest BCUT2D eigenvalue weighted by Gasteiger charge is 2.20. The first-order valence-corrected chi connectivity index (χ1v) is 9.20. The second-order valence-electron chi connectivity index (χ2n) is 6.16. The molecule has 2 heterocycles. The molecule has 2 aromatic heterocycles. The minimum atomic E-state index is -0.323.